The zero-order valence-electron chi connectivity index (χ0n) is 16.4. The molecule has 0 spiro atoms. The second-order valence-corrected chi connectivity index (χ2v) is 8.76. The summed E-state index contributed by atoms with van der Waals surface area (Å²) in [6, 6.07) is 10.3. The molecular formula is C23H32N2O2. The van der Waals surface area contributed by atoms with Crippen molar-refractivity contribution >= 4 is 11.8 Å². The lowest BCUT2D eigenvalue weighted by Crippen LogP contribution is -2.49. The Balaban J connectivity index is 1.28. The van der Waals surface area contributed by atoms with Crippen molar-refractivity contribution < 1.29 is 9.59 Å². The van der Waals surface area contributed by atoms with Gasteiger partial charge in [-0.2, -0.15) is 0 Å². The van der Waals surface area contributed by atoms with Crippen LogP contribution in [0.3, 0.4) is 0 Å². The highest BCUT2D eigenvalue weighted by atomic mass is 16.2. The summed E-state index contributed by atoms with van der Waals surface area (Å²) in [5, 5.41) is 3.30. The zero-order chi connectivity index (χ0) is 18.8. The third kappa shape index (κ3) is 3.90. The minimum atomic E-state index is -0.0496. The van der Waals surface area contributed by atoms with E-state index >= 15 is 0 Å². The average molecular weight is 369 g/mol. The first-order valence-electron chi connectivity index (χ1n) is 10.8. The summed E-state index contributed by atoms with van der Waals surface area (Å²) < 4.78 is 0. The summed E-state index contributed by atoms with van der Waals surface area (Å²) in [5.74, 6) is 2.16. The first-order valence-corrected chi connectivity index (χ1v) is 10.8. The number of hydrogen-bond donors (Lipinski definition) is 1. The summed E-state index contributed by atoms with van der Waals surface area (Å²) >= 11 is 0. The normalized spacial score (nSPS) is 28.9. The van der Waals surface area contributed by atoms with E-state index in [9.17, 15) is 9.59 Å². The van der Waals surface area contributed by atoms with Gasteiger partial charge in [-0.3, -0.25) is 9.59 Å². The molecule has 3 fully saturated rings. The van der Waals surface area contributed by atoms with Gasteiger partial charge in [0, 0.05) is 25.0 Å². The van der Waals surface area contributed by atoms with Crippen LogP contribution in [-0.2, 0) is 9.59 Å². The van der Waals surface area contributed by atoms with Crippen LogP contribution in [-0.4, -0.2) is 35.8 Å². The lowest BCUT2D eigenvalue weighted by molar-refractivity contribution is -0.134. The van der Waals surface area contributed by atoms with E-state index in [4.69, 9.17) is 0 Å². The molecule has 1 aliphatic heterocycles. The van der Waals surface area contributed by atoms with Crippen LogP contribution in [0.25, 0.3) is 0 Å². The molecule has 2 saturated carbocycles. The molecule has 1 aromatic rings. The predicted molar refractivity (Wildman–Crippen MR) is 106 cm³/mol. The van der Waals surface area contributed by atoms with Gasteiger partial charge in [0.15, 0.2) is 0 Å². The highest BCUT2D eigenvalue weighted by Gasteiger charge is 2.43. The van der Waals surface area contributed by atoms with Crippen molar-refractivity contribution in [3.8, 4) is 0 Å². The van der Waals surface area contributed by atoms with Gasteiger partial charge in [0.25, 0.3) is 0 Å². The first-order chi connectivity index (χ1) is 13.2. The molecule has 4 rings (SSSR count). The van der Waals surface area contributed by atoms with E-state index in [1.165, 1.54) is 19.3 Å². The Labute approximate surface area is 162 Å². The van der Waals surface area contributed by atoms with Crippen LogP contribution in [0.4, 0.5) is 0 Å². The summed E-state index contributed by atoms with van der Waals surface area (Å²) in [6.07, 6.45) is 7.52. The molecule has 2 bridgehead atoms. The van der Waals surface area contributed by atoms with Gasteiger partial charge in [-0.25, -0.2) is 0 Å². The molecule has 3 aliphatic rings. The molecule has 0 aromatic heterocycles. The summed E-state index contributed by atoms with van der Waals surface area (Å²) in [5.41, 5.74) is 1.11. The van der Waals surface area contributed by atoms with Gasteiger partial charge in [-0.15, -0.1) is 0 Å². The molecule has 1 saturated heterocycles. The van der Waals surface area contributed by atoms with Gasteiger partial charge >= 0.3 is 0 Å². The monoisotopic (exact) mass is 368 g/mol. The van der Waals surface area contributed by atoms with Gasteiger partial charge in [0.1, 0.15) is 0 Å². The lowest BCUT2D eigenvalue weighted by atomic mass is 9.87. The number of rotatable bonds is 5. The Morgan fingerprint density at radius 1 is 1.07 bits per heavy atom. The van der Waals surface area contributed by atoms with Crippen molar-refractivity contribution in [2.45, 2.75) is 63.8 Å². The maximum absolute atomic E-state index is 13.0. The maximum Gasteiger partial charge on any atom is 0.230 e. The third-order valence-electron chi connectivity index (χ3n) is 7.14. The molecule has 4 nitrogen and oxygen atoms in total. The Morgan fingerprint density at radius 2 is 1.81 bits per heavy atom. The molecule has 2 amide bonds. The number of benzene rings is 1. The fourth-order valence-electron chi connectivity index (χ4n) is 5.58. The van der Waals surface area contributed by atoms with Crippen molar-refractivity contribution in [2.75, 3.05) is 13.1 Å². The molecule has 4 heteroatoms. The van der Waals surface area contributed by atoms with E-state index in [-0.39, 0.29) is 29.7 Å². The molecule has 1 heterocycles. The fourth-order valence-corrected chi connectivity index (χ4v) is 5.58. The fraction of sp³-hybridized carbons (Fsp3) is 0.652. The number of fused-ring (bicyclic) bond motifs is 2. The second kappa shape index (κ2) is 8.04. The minimum Gasteiger partial charge on any atom is -0.353 e. The highest BCUT2D eigenvalue weighted by molar-refractivity contribution is 5.84. The van der Waals surface area contributed by atoms with Gasteiger partial charge in [0.05, 0.1) is 5.92 Å². The smallest absolute Gasteiger partial charge is 0.230 e. The number of hydrogen-bond acceptors (Lipinski definition) is 2. The number of nitrogens with one attached hydrogen (secondary N) is 1. The summed E-state index contributed by atoms with van der Waals surface area (Å²) in [7, 11) is 0. The molecule has 0 radical (unpaired) electrons. The quantitative estimate of drug-likeness (QED) is 0.861. The van der Waals surface area contributed by atoms with E-state index in [1.807, 2.05) is 35.2 Å². The average Bonchev–Trinajstić information content (AvgIpc) is 3.33. The van der Waals surface area contributed by atoms with Crippen LogP contribution >= 0.6 is 0 Å². The van der Waals surface area contributed by atoms with Crippen molar-refractivity contribution in [3.05, 3.63) is 35.9 Å². The van der Waals surface area contributed by atoms with Crippen LogP contribution in [0.15, 0.2) is 30.3 Å². The van der Waals surface area contributed by atoms with Crippen molar-refractivity contribution in [1.29, 1.82) is 0 Å². The van der Waals surface area contributed by atoms with Crippen molar-refractivity contribution in [3.63, 3.8) is 0 Å². The lowest BCUT2D eigenvalue weighted by Gasteiger charge is -2.35. The van der Waals surface area contributed by atoms with Crippen LogP contribution in [0.1, 0.15) is 63.4 Å². The minimum absolute atomic E-state index is 0.0496. The number of piperidine rings is 1. The van der Waals surface area contributed by atoms with E-state index in [0.717, 1.165) is 50.3 Å². The third-order valence-corrected chi connectivity index (χ3v) is 7.14. The molecule has 1 N–H and O–H groups in total. The number of amides is 2. The number of carbonyl (C=O) groups is 2. The number of likely N-dealkylation sites (tertiary alicyclic amines) is 1. The standard InChI is InChI=1S/C23H32N2O2/c1-2-20(17-6-4-3-5-7-17)23(27)25-12-10-19(11-13-25)24-22(26)21-15-16-8-9-18(21)14-16/h3-7,16,18-21H,2,8-15H2,1H3,(H,24,26). The van der Waals surface area contributed by atoms with Crippen LogP contribution in [0, 0.1) is 17.8 Å². The van der Waals surface area contributed by atoms with E-state index in [0.29, 0.717) is 5.92 Å². The predicted octanol–water partition coefficient (Wildman–Crippen LogP) is 3.72. The van der Waals surface area contributed by atoms with Crippen LogP contribution < -0.4 is 5.32 Å². The van der Waals surface area contributed by atoms with Gasteiger partial charge in [-0.05, 0) is 55.9 Å². The van der Waals surface area contributed by atoms with Gasteiger partial charge in [0.2, 0.25) is 11.8 Å². The number of nitrogens with zero attached hydrogens (tertiary/aromatic N) is 1. The Hall–Kier alpha value is -1.84. The molecule has 1 aromatic carbocycles. The van der Waals surface area contributed by atoms with Crippen LogP contribution in [0.5, 0.6) is 0 Å². The second-order valence-electron chi connectivity index (χ2n) is 8.76. The van der Waals surface area contributed by atoms with Crippen LogP contribution in [0.2, 0.25) is 0 Å². The Bertz CT molecular complexity index is 666. The zero-order valence-corrected chi connectivity index (χ0v) is 16.4. The SMILES string of the molecule is CCC(C(=O)N1CCC(NC(=O)C2CC3CCC2C3)CC1)c1ccccc1. The van der Waals surface area contributed by atoms with Crippen molar-refractivity contribution in [2.24, 2.45) is 17.8 Å². The molecule has 4 atom stereocenters. The highest BCUT2D eigenvalue weighted by Crippen LogP contribution is 2.48. The summed E-state index contributed by atoms with van der Waals surface area (Å²) in [4.78, 5) is 27.7. The largest absolute Gasteiger partial charge is 0.353 e. The van der Waals surface area contributed by atoms with Gasteiger partial charge in [-0.1, -0.05) is 43.7 Å². The summed E-state index contributed by atoms with van der Waals surface area (Å²) in [6.45, 7) is 3.59. The van der Waals surface area contributed by atoms with Gasteiger partial charge < -0.3 is 10.2 Å². The van der Waals surface area contributed by atoms with E-state index in [1.54, 1.807) is 0 Å². The molecular weight excluding hydrogens is 336 g/mol. The van der Waals surface area contributed by atoms with E-state index < -0.39 is 0 Å². The van der Waals surface area contributed by atoms with E-state index in [2.05, 4.69) is 12.2 Å². The van der Waals surface area contributed by atoms with Crippen molar-refractivity contribution in [1.82, 2.24) is 10.2 Å². The Kier molecular flexibility index (Phi) is 5.51. The first kappa shape index (κ1) is 18.5. The number of carbonyl (C=O) groups excluding carboxylic acids is 2. The molecule has 27 heavy (non-hydrogen) atoms. The molecule has 146 valence electrons. The molecule has 4 unspecified atom stereocenters. The Morgan fingerprint density at radius 3 is 2.41 bits per heavy atom. The topological polar surface area (TPSA) is 49.4 Å². The molecule has 2 aliphatic carbocycles. The maximum atomic E-state index is 13.0.